The highest BCUT2D eigenvalue weighted by Gasteiger charge is 2.19. The second-order valence-electron chi connectivity index (χ2n) is 4.48. The molecule has 22 heavy (non-hydrogen) atoms. The number of hydrogen-bond donors (Lipinski definition) is 4. The molecule has 0 aliphatic heterocycles. The average Bonchev–Trinajstić information content (AvgIpc) is 2.98. The fourth-order valence-electron chi connectivity index (χ4n) is 1.96. The summed E-state index contributed by atoms with van der Waals surface area (Å²) in [5.41, 5.74) is 6.82. The zero-order valence-corrected chi connectivity index (χ0v) is 12.7. The first-order valence-electron chi connectivity index (χ1n) is 6.31. The number of rotatable bonds is 4. The largest absolute Gasteiger partial charge is 0.492 e. The van der Waals surface area contributed by atoms with Gasteiger partial charge in [-0.2, -0.15) is 0 Å². The van der Waals surface area contributed by atoms with Gasteiger partial charge in [0, 0.05) is 17.4 Å². The summed E-state index contributed by atoms with van der Waals surface area (Å²) in [5, 5.41) is 5.49. The number of nitrogens with one attached hydrogen (secondary N) is 3. The highest BCUT2D eigenvalue weighted by atomic mass is 35.5. The van der Waals surface area contributed by atoms with Crippen LogP contribution in [0.25, 0.3) is 0 Å². The summed E-state index contributed by atoms with van der Waals surface area (Å²) in [6, 6.07) is 2.42. The normalized spacial score (nSPS) is 10.1. The van der Waals surface area contributed by atoms with Gasteiger partial charge >= 0.3 is 6.03 Å². The Labute approximate surface area is 131 Å². The van der Waals surface area contributed by atoms with Crippen molar-refractivity contribution in [1.82, 2.24) is 4.98 Å². The van der Waals surface area contributed by atoms with Gasteiger partial charge in [0.15, 0.2) is 5.75 Å². The van der Waals surface area contributed by atoms with Gasteiger partial charge in [-0.15, -0.1) is 0 Å². The van der Waals surface area contributed by atoms with Crippen molar-refractivity contribution in [2.45, 2.75) is 6.92 Å². The number of primary amides is 1. The lowest BCUT2D eigenvalue weighted by molar-refractivity contribution is 0.102. The molecule has 5 N–H and O–H groups in total. The number of hydrogen-bond acceptors (Lipinski definition) is 3. The maximum absolute atomic E-state index is 12.1. The van der Waals surface area contributed by atoms with Crippen molar-refractivity contribution in [2.75, 3.05) is 17.7 Å². The molecule has 0 aliphatic carbocycles. The van der Waals surface area contributed by atoms with E-state index in [1.54, 1.807) is 31.5 Å². The molecular formula is C14H15ClN4O3. The van der Waals surface area contributed by atoms with E-state index < -0.39 is 6.03 Å². The third-order valence-electron chi connectivity index (χ3n) is 3.04. The first-order chi connectivity index (χ1) is 10.4. The number of amides is 3. The molecule has 2 aromatic rings. The van der Waals surface area contributed by atoms with Crippen LogP contribution in [0.3, 0.4) is 0 Å². The van der Waals surface area contributed by atoms with Crippen molar-refractivity contribution < 1.29 is 14.3 Å². The monoisotopic (exact) mass is 322 g/mol. The fraction of sp³-hybridized carbons (Fsp3) is 0.143. The number of urea groups is 1. The molecule has 7 nitrogen and oxygen atoms in total. The van der Waals surface area contributed by atoms with Crippen LogP contribution in [0.2, 0.25) is 5.02 Å². The number of halogens is 1. The molecule has 2 rings (SSSR count). The molecule has 0 radical (unpaired) electrons. The van der Waals surface area contributed by atoms with Crippen LogP contribution in [0.4, 0.5) is 16.2 Å². The summed E-state index contributed by atoms with van der Waals surface area (Å²) in [4.78, 5) is 26.1. The minimum Gasteiger partial charge on any atom is -0.492 e. The van der Waals surface area contributed by atoms with Gasteiger partial charge in [0.25, 0.3) is 5.91 Å². The lowest BCUT2D eigenvalue weighted by Crippen LogP contribution is -2.21. The van der Waals surface area contributed by atoms with Crippen molar-refractivity contribution in [3.8, 4) is 5.75 Å². The van der Waals surface area contributed by atoms with Crippen molar-refractivity contribution in [2.24, 2.45) is 5.73 Å². The number of carbonyl (C=O) groups is 2. The summed E-state index contributed by atoms with van der Waals surface area (Å²) in [6.45, 7) is 1.70. The summed E-state index contributed by atoms with van der Waals surface area (Å²) >= 11 is 6.13. The standard InChI is InChI=1S/C14H15ClN4O3/c1-7-9(15)5-10(12(22-2)11(7)19-14(16)21)18-13(20)8-3-4-17-6-8/h3-6,17H,1-2H3,(H,18,20)(H3,16,19,21). The minimum atomic E-state index is -0.758. The molecule has 0 saturated carbocycles. The Kier molecular flexibility index (Phi) is 4.57. The third-order valence-corrected chi connectivity index (χ3v) is 3.43. The lowest BCUT2D eigenvalue weighted by Gasteiger charge is -2.17. The van der Waals surface area contributed by atoms with E-state index in [2.05, 4.69) is 15.6 Å². The number of aromatic amines is 1. The van der Waals surface area contributed by atoms with Crippen LogP contribution in [0.1, 0.15) is 15.9 Å². The van der Waals surface area contributed by atoms with Gasteiger partial charge in [-0.05, 0) is 24.6 Å². The van der Waals surface area contributed by atoms with Crippen molar-refractivity contribution in [3.63, 3.8) is 0 Å². The predicted octanol–water partition coefficient (Wildman–Crippen LogP) is 2.73. The van der Waals surface area contributed by atoms with Gasteiger partial charge in [-0.1, -0.05) is 11.6 Å². The van der Waals surface area contributed by atoms with Gasteiger partial charge in [0.05, 0.1) is 24.0 Å². The molecule has 116 valence electrons. The van der Waals surface area contributed by atoms with Gasteiger partial charge in [-0.25, -0.2) is 4.79 Å². The fourth-order valence-corrected chi connectivity index (χ4v) is 2.17. The summed E-state index contributed by atoms with van der Waals surface area (Å²) in [7, 11) is 1.42. The first-order valence-corrected chi connectivity index (χ1v) is 6.69. The predicted molar refractivity (Wildman–Crippen MR) is 84.7 cm³/mol. The molecule has 0 fully saturated rings. The maximum atomic E-state index is 12.1. The zero-order valence-electron chi connectivity index (χ0n) is 12.0. The number of H-pyrrole nitrogens is 1. The Bertz CT molecular complexity index is 713. The number of methoxy groups -OCH3 is 1. The molecule has 1 heterocycles. The smallest absolute Gasteiger partial charge is 0.316 e. The van der Waals surface area contributed by atoms with Gasteiger partial charge < -0.3 is 26.1 Å². The molecule has 0 spiro atoms. The zero-order chi connectivity index (χ0) is 16.3. The topological polar surface area (TPSA) is 109 Å². The van der Waals surface area contributed by atoms with E-state index in [0.29, 0.717) is 27.5 Å². The van der Waals surface area contributed by atoms with Crippen LogP contribution in [0.5, 0.6) is 5.75 Å². The number of benzene rings is 1. The molecule has 3 amide bonds. The molecule has 1 aromatic carbocycles. The van der Waals surface area contributed by atoms with Crippen molar-refractivity contribution in [3.05, 3.63) is 40.7 Å². The van der Waals surface area contributed by atoms with Crippen LogP contribution in [0, 0.1) is 6.92 Å². The van der Waals surface area contributed by atoms with Gasteiger partial charge in [0.2, 0.25) is 0 Å². The van der Waals surface area contributed by atoms with Crippen molar-refractivity contribution >= 4 is 34.9 Å². The quantitative estimate of drug-likeness (QED) is 0.694. The summed E-state index contributed by atoms with van der Waals surface area (Å²) < 4.78 is 5.28. The molecule has 0 unspecified atom stereocenters. The van der Waals surface area contributed by atoms with Crippen LogP contribution < -0.4 is 21.1 Å². The molecule has 0 saturated heterocycles. The van der Waals surface area contributed by atoms with E-state index in [-0.39, 0.29) is 11.7 Å². The van der Waals surface area contributed by atoms with Gasteiger partial charge in [0.1, 0.15) is 0 Å². The number of carbonyl (C=O) groups excluding carboxylic acids is 2. The average molecular weight is 323 g/mol. The minimum absolute atomic E-state index is 0.268. The number of anilines is 2. The van der Waals surface area contributed by atoms with Gasteiger partial charge in [-0.3, -0.25) is 4.79 Å². The molecule has 0 atom stereocenters. The Morgan fingerprint density at radius 1 is 1.36 bits per heavy atom. The highest BCUT2D eigenvalue weighted by Crippen LogP contribution is 2.40. The Balaban J connectivity index is 2.44. The van der Waals surface area contributed by atoms with E-state index in [4.69, 9.17) is 22.1 Å². The Morgan fingerprint density at radius 2 is 2.09 bits per heavy atom. The Morgan fingerprint density at radius 3 is 2.64 bits per heavy atom. The third kappa shape index (κ3) is 3.15. The van der Waals surface area contributed by atoms with Crippen LogP contribution in [0.15, 0.2) is 24.5 Å². The van der Waals surface area contributed by atoms with E-state index in [1.165, 1.54) is 7.11 Å². The summed E-state index contributed by atoms with van der Waals surface area (Å²) in [5.74, 6) is -0.0749. The van der Waals surface area contributed by atoms with Crippen LogP contribution in [-0.4, -0.2) is 24.0 Å². The number of aromatic nitrogens is 1. The highest BCUT2D eigenvalue weighted by molar-refractivity contribution is 6.32. The van der Waals surface area contributed by atoms with E-state index in [9.17, 15) is 9.59 Å². The summed E-state index contributed by atoms with van der Waals surface area (Å²) in [6.07, 6.45) is 3.19. The molecular weight excluding hydrogens is 308 g/mol. The van der Waals surface area contributed by atoms with E-state index in [1.807, 2.05) is 0 Å². The van der Waals surface area contributed by atoms with Crippen LogP contribution >= 0.6 is 11.6 Å². The second-order valence-corrected chi connectivity index (χ2v) is 4.89. The molecule has 0 aliphatic rings. The first kappa shape index (κ1) is 15.7. The Hall–Kier alpha value is -2.67. The van der Waals surface area contributed by atoms with Crippen molar-refractivity contribution in [1.29, 1.82) is 0 Å². The lowest BCUT2D eigenvalue weighted by atomic mass is 10.1. The SMILES string of the molecule is COc1c(NC(=O)c2cc[nH]c2)cc(Cl)c(C)c1NC(N)=O. The number of ether oxygens (including phenoxy) is 1. The molecule has 8 heteroatoms. The molecule has 0 bridgehead atoms. The second kappa shape index (κ2) is 6.40. The maximum Gasteiger partial charge on any atom is 0.316 e. The van der Waals surface area contributed by atoms with Crippen LogP contribution in [-0.2, 0) is 0 Å². The number of nitrogens with two attached hydrogens (primary N) is 1. The van der Waals surface area contributed by atoms with E-state index >= 15 is 0 Å². The van der Waals surface area contributed by atoms with E-state index in [0.717, 1.165) is 0 Å². The molecule has 1 aromatic heterocycles.